The summed E-state index contributed by atoms with van der Waals surface area (Å²) in [5.41, 5.74) is -2.06. The zero-order chi connectivity index (χ0) is 22.2. The van der Waals surface area contributed by atoms with Gasteiger partial charge in [-0.1, -0.05) is 57.2 Å². The second-order valence-corrected chi connectivity index (χ2v) is 10.4. The van der Waals surface area contributed by atoms with E-state index in [2.05, 4.69) is 5.32 Å². The lowest BCUT2D eigenvalue weighted by molar-refractivity contribution is -0.158. The van der Waals surface area contributed by atoms with Crippen LogP contribution < -0.4 is 5.32 Å². The number of thiophene rings is 1. The third-order valence-corrected chi connectivity index (χ3v) is 5.55. The summed E-state index contributed by atoms with van der Waals surface area (Å²) in [6, 6.07) is 12.0. The summed E-state index contributed by atoms with van der Waals surface area (Å²) in [6.07, 6.45) is -1.40. The first-order chi connectivity index (χ1) is 13.9. The topological polar surface area (TPSA) is 73.9 Å². The molecule has 3 rings (SSSR count). The molecule has 7 heteroatoms. The zero-order valence-corrected chi connectivity index (χ0v) is 19.0. The van der Waals surface area contributed by atoms with Crippen LogP contribution in [0.15, 0.2) is 47.8 Å². The number of hydrogen-bond donors (Lipinski definition) is 1. The maximum atomic E-state index is 13.4. The van der Waals surface area contributed by atoms with Gasteiger partial charge in [0, 0.05) is 10.3 Å². The van der Waals surface area contributed by atoms with Crippen LogP contribution in [-0.2, 0) is 24.6 Å². The molecule has 0 saturated carbocycles. The Bertz CT molecular complexity index is 883. The minimum Gasteiger partial charge on any atom is -0.444 e. The third-order valence-electron chi connectivity index (χ3n) is 4.62. The number of carbonyl (C=O) groups is 2. The number of benzene rings is 1. The Hall–Kier alpha value is -2.38. The Morgan fingerprint density at radius 1 is 1.10 bits per heavy atom. The molecule has 0 radical (unpaired) electrons. The normalized spacial score (nSPS) is 23.0. The SMILES string of the molecule is CC(C)(C)OC(=O)N[C@H](c1cccs1)[C@@]1(c2ccccc2)O[C@H](C(C)(C)C)OC1=O. The lowest BCUT2D eigenvalue weighted by Crippen LogP contribution is -2.49. The van der Waals surface area contributed by atoms with E-state index in [1.54, 1.807) is 20.8 Å². The highest BCUT2D eigenvalue weighted by Crippen LogP contribution is 2.49. The summed E-state index contributed by atoms with van der Waals surface area (Å²) in [5.74, 6) is -0.539. The van der Waals surface area contributed by atoms with Crippen molar-refractivity contribution in [2.75, 3.05) is 0 Å². The van der Waals surface area contributed by atoms with Gasteiger partial charge in [-0.25, -0.2) is 9.59 Å². The predicted molar refractivity (Wildman–Crippen MR) is 115 cm³/mol. The molecule has 1 aromatic carbocycles. The van der Waals surface area contributed by atoms with Crippen molar-refractivity contribution in [1.29, 1.82) is 0 Å². The van der Waals surface area contributed by atoms with Crippen LogP contribution in [0.2, 0.25) is 0 Å². The van der Waals surface area contributed by atoms with Crippen molar-refractivity contribution in [3.8, 4) is 0 Å². The first kappa shape index (κ1) is 22.3. The van der Waals surface area contributed by atoms with Crippen LogP contribution in [0.25, 0.3) is 0 Å². The smallest absolute Gasteiger partial charge is 0.408 e. The van der Waals surface area contributed by atoms with E-state index in [9.17, 15) is 9.59 Å². The van der Waals surface area contributed by atoms with Gasteiger partial charge in [0.25, 0.3) is 0 Å². The number of ether oxygens (including phenoxy) is 3. The van der Waals surface area contributed by atoms with Crippen molar-refractivity contribution < 1.29 is 23.8 Å². The summed E-state index contributed by atoms with van der Waals surface area (Å²) in [6.45, 7) is 11.2. The molecular weight excluding hydrogens is 402 g/mol. The van der Waals surface area contributed by atoms with Gasteiger partial charge in [-0.3, -0.25) is 0 Å². The van der Waals surface area contributed by atoms with E-state index in [-0.39, 0.29) is 0 Å². The van der Waals surface area contributed by atoms with Crippen LogP contribution in [0, 0.1) is 5.41 Å². The molecule has 1 fully saturated rings. The summed E-state index contributed by atoms with van der Waals surface area (Å²) in [7, 11) is 0. The number of esters is 1. The highest BCUT2D eigenvalue weighted by molar-refractivity contribution is 7.10. The Kier molecular flexibility index (Phi) is 5.98. The van der Waals surface area contributed by atoms with Crippen molar-refractivity contribution >= 4 is 23.4 Å². The Balaban J connectivity index is 2.12. The fourth-order valence-electron chi connectivity index (χ4n) is 3.26. The summed E-state index contributed by atoms with van der Waals surface area (Å²) in [4.78, 5) is 26.9. The predicted octanol–water partition coefficient (Wildman–Crippen LogP) is 5.16. The van der Waals surface area contributed by atoms with Crippen LogP contribution in [0.3, 0.4) is 0 Å². The van der Waals surface area contributed by atoms with E-state index in [1.807, 2.05) is 68.6 Å². The Morgan fingerprint density at radius 3 is 2.27 bits per heavy atom. The monoisotopic (exact) mass is 431 g/mol. The number of cyclic esters (lactones) is 1. The van der Waals surface area contributed by atoms with Gasteiger partial charge in [-0.15, -0.1) is 11.3 Å². The number of rotatable bonds is 4. The van der Waals surface area contributed by atoms with E-state index in [1.165, 1.54) is 11.3 Å². The van der Waals surface area contributed by atoms with E-state index >= 15 is 0 Å². The van der Waals surface area contributed by atoms with Gasteiger partial charge in [-0.05, 0) is 37.8 Å². The second-order valence-electron chi connectivity index (χ2n) is 9.42. The molecule has 1 saturated heterocycles. The first-order valence-electron chi connectivity index (χ1n) is 9.91. The second kappa shape index (κ2) is 8.04. The van der Waals surface area contributed by atoms with Gasteiger partial charge >= 0.3 is 12.1 Å². The number of hydrogen-bond acceptors (Lipinski definition) is 6. The van der Waals surface area contributed by atoms with Gasteiger partial charge in [0.15, 0.2) is 0 Å². The highest BCUT2D eigenvalue weighted by Gasteiger charge is 2.60. The highest BCUT2D eigenvalue weighted by atomic mass is 32.1. The van der Waals surface area contributed by atoms with Crippen molar-refractivity contribution in [3.63, 3.8) is 0 Å². The van der Waals surface area contributed by atoms with Gasteiger partial charge in [0.1, 0.15) is 11.6 Å². The minimum atomic E-state index is -1.54. The van der Waals surface area contributed by atoms with Gasteiger partial charge in [-0.2, -0.15) is 0 Å². The van der Waals surface area contributed by atoms with Crippen molar-refractivity contribution in [2.45, 2.75) is 65.1 Å². The lowest BCUT2D eigenvalue weighted by Gasteiger charge is -2.35. The Labute approximate surface area is 181 Å². The standard InChI is InChI=1S/C23H29NO5S/c1-21(2,3)19-27-18(25)23(28-19,15-11-8-7-9-12-15)17(16-13-10-14-30-16)24-20(26)29-22(4,5)6/h7-14,17,19H,1-6H3,(H,24,26)/t17-,19-,23-/m1/s1. The van der Waals surface area contributed by atoms with Gasteiger partial charge < -0.3 is 19.5 Å². The van der Waals surface area contributed by atoms with Gasteiger partial charge in [0.2, 0.25) is 11.9 Å². The van der Waals surface area contributed by atoms with Crippen LogP contribution in [-0.4, -0.2) is 24.0 Å². The van der Waals surface area contributed by atoms with E-state index in [4.69, 9.17) is 14.2 Å². The fraction of sp³-hybridized carbons (Fsp3) is 0.478. The number of alkyl carbamates (subject to hydrolysis) is 1. The molecule has 3 atom stereocenters. The van der Waals surface area contributed by atoms with Crippen molar-refractivity contribution in [1.82, 2.24) is 5.32 Å². The molecule has 2 aromatic rings. The number of amides is 1. The van der Waals surface area contributed by atoms with Crippen LogP contribution in [0.4, 0.5) is 4.79 Å². The first-order valence-corrected chi connectivity index (χ1v) is 10.8. The van der Waals surface area contributed by atoms with Crippen LogP contribution in [0.5, 0.6) is 0 Å². The molecular formula is C23H29NO5S. The average Bonchev–Trinajstić information content (AvgIpc) is 3.27. The minimum absolute atomic E-state index is 0.446. The van der Waals surface area contributed by atoms with Gasteiger partial charge in [0.05, 0.1) is 0 Å². The van der Waals surface area contributed by atoms with Crippen molar-refractivity contribution in [2.24, 2.45) is 5.41 Å². The molecule has 0 aliphatic carbocycles. The average molecular weight is 432 g/mol. The molecule has 1 aliphatic rings. The fourth-order valence-corrected chi connectivity index (χ4v) is 4.09. The maximum absolute atomic E-state index is 13.4. The van der Waals surface area contributed by atoms with E-state index in [0.717, 1.165) is 4.88 Å². The molecule has 0 spiro atoms. The van der Waals surface area contributed by atoms with Crippen LogP contribution in [0.1, 0.15) is 58.0 Å². The maximum Gasteiger partial charge on any atom is 0.408 e. The molecule has 1 aromatic heterocycles. The molecule has 0 unspecified atom stereocenters. The molecule has 6 nitrogen and oxygen atoms in total. The van der Waals surface area contributed by atoms with E-state index < -0.39 is 41.0 Å². The molecule has 162 valence electrons. The molecule has 2 heterocycles. The molecule has 1 amide bonds. The van der Waals surface area contributed by atoms with E-state index in [0.29, 0.717) is 5.56 Å². The third kappa shape index (κ3) is 4.52. The zero-order valence-electron chi connectivity index (χ0n) is 18.2. The summed E-state index contributed by atoms with van der Waals surface area (Å²) >= 11 is 1.42. The lowest BCUT2D eigenvalue weighted by atomic mass is 9.85. The number of carbonyl (C=O) groups excluding carboxylic acids is 2. The largest absolute Gasteiger partial charge is 0.444 e. The number of nitrogens with one attached hydrogen (secondary N) is 1. The molecule has 1 N–H and O–H groups in total. The molecule has 30 heavy (non-hydrogen) atoms. The van der Waals surface area contributed by atoms with Crippen LogP contribution >= 0.6 is 11.3 Å². The summed E-state index contributed by atoms with van der Waals surface area (Å²) < 4.78 is 17.6. The summed E-state index contributed by atoms with van der Waals surface area (Å²) in [5, 5.41) is 4.77. The molecule has 0 bridgehead atoms. The van der Waals surface area contributed by atoms with Crippen molar-refractivity contribution in [3.05, 3.63) is 58.3 Å². The molecule has 1 aliphatic heterocycles. The quantitative estimate of drug-likeness (QED) is 0.677. The Morgan fingerprint density at radius 2 is 1.77 bits per heavy atom.